The van der Waals surface area contributed by atoms with Gasteiger partial charge in [0.25, 0.3) is 0 Å². The average Bonchev–Trinajstić information content (AvgIpc) is 2.61. The molecular formula is C20H15BO2. The van der Waals surface area contributed by atoms with Crippen molar-refractivity contribution in [2.75, 3.05) is 0 Å². The lowest BCUT2D eigenvalue weighted by molar-refractivity contribution is 0.426. The molecule has 0 aliphatic heterocycles. The molecule has 4 rings (SSSR count). The van der Waals surface area contributed by atoms with Gasteiger partial charge in [0, 0.05) is 0 Å². The van der Waals surface area contributed by atoms with Crippen LogP contribution in [0.1, 0.15) is 0 Å². The molecule has 0 radical (unpaired) electrons. The number of hydrogen-bond acceptors (Lipinski definition) is 2. The van der Waals surface area contributed by atoms with Crippen LogP contribution in [0.3, 0.4) is 0 Å². The Morgan fingerprint density at radius 3 is 2.26 bits per heavy atom. The van der Waals surface area contributed by atoms with Gasteiger partial charge in [0.15, 0.2) is 0 Å². The van der Waals surface area contributed by atoms with Gasteiger partial charge in [0.2, 0.25) is 0 Å². The lowest BCUT2D eigenvalue weighted by atomic mass is 9.79. The Morgan fingerprint density at radius 1 is 0.652 bits per heavy atom. The van der Waals surface area contributed by atoms with Gasteiger partial charge in [0.1, 0.15) is 0 Å². The summed E-state index contributed by atoms with van der Waals surface area (Å²) in [6, 6.07) is 26.2. The first-order valence-electron chi connectivity index (χ1n) is 7.61. The highest BCUT2D eigenvalue weighted by Crippen LogP contribution is 2.33. The van der Waals surface area contributed by atoms with Gasteiger partial charge in [-0.05, 0) is 38.1 Å². The summed E-state index contributed by atoms with van der Waals surface area (Å²) in [6.45, 7) is 0. The quantitative estimate of drug-likeness (QED) is 0.440. The number of rotatable bonds is 2. The van der Waals surface area contributed by atoms with Crippen molar-refractivity contribution >= 4 is 34.1 Å². The molecule has 3 heteroatoms. The van der Waals surface area contributed by atoms with E-state index in [2.05, 4.69) is 36.4 Å². The fraction of sp³-hybridized carbons (Fsp3) is 0. The second-order valence-electron chi connectivity index (χ2n) is 5.69. The average molecular weight is 298 g/mol. The summed E-state index contributed by atoms with van der Waals surface area (Å²) in [7, 11) is -1.46. The molecule has 4 aromatic rings. The molecule has 0 atom stereocenters. The van der Waals surface area contributed by atoms with E-state index in [9.17, 15) is 10.0 Å². The zero-order valence-corrected chi connectivity index (χ0v) is 12.5. The van der Waals surface area contributed by atoms with Gasteiger partial charge >= 0.3 is 7.12 Å². The summed E-state index contributed by atoms with van der Waals surface area (Å²) in [5, 5.41) is 23.6. The van der Waals surface area contributed by atoms with Gasteiger partial charge in [-0.3, -0.25) is 0 Å². The Bertz CT molecular complexity index is 1010. The molecule has 0 bridgehead atoms. The first-order chi connectivity index (χ1) is 11.2. The van der Waals surface area contributed by atoms with Crippen LogP contribution in [0.4, 0.5) is 0 Å². The van der Waals surface area contributed by atoms with Gasteiger partial charge in [-0.15, -0.1) is 0 Å². The highest BCUT2D eigenvalue weighted by Gasteiger charge is 2.13. The smallest absolute Gasteiger partial charge is 0.423 e. The lowest BCUT2D eigenvalue weighted by Gasteiger charge is -2.11. The van der Waals surface area contributed by atoms with Gasteiger partial charge in [-0.2, -0.15) is 0 Å². The summed E-state index contributed by atoms with van der Waals surface area (Å²) >= 11 is 0. The fourth-order valence-corrected chi connectivity index (χ4v) is 3.17. The highest BCUT2D eigenvalue weighted by molar-refractivity contribution is 6.58. The molecule has 0 saturated heterocycles. The zero-order chi connectivity index (χ0) is 15.8. The number of fused-ring (bicyclic) bond motifs is 3. The van der Waals surface area contributed by atoms with Crippen LogP contribution >= 0.6 is 0 Å². The van der Waals surface area contributed by atoms with Gasteiger partial charge in [0.05, 0.1) is 0 Å². The van der Waals surface area contributed by atoms with E-state index in [1.54, 1.807) is 6.07 Å². The third-order valence-electron chi connectivity index (χ3n) is 4.27. The largest absolute Gasteiger partial charge is 0.488 e. The number of hydrogen-bond donors (Lipinski definition) is 2. The third kappa shape index (κ3) is 2.40. The van der Waals surface area contributed by atoms with E-state index < -0.39 is 7.12 Å². The molecule has 0 saturated carbocycles. The monoisotopic (exact) mass is 298 g/mol. The summed E-state index contributed by atoms with van der Waals surface area (Å²) in [4.78, 5) is 0. The van der Waals surface area contributed by atoms with Crippen LogP contribution in [0.25, 0.3) is 32.7 Å². The van der Waals surface area contributed by atoms with E-state index in [4.69, 9.17) is 0 Å². The first kappa shape index (κ1) is 14.0. The summed E-state index contributed by atoms with van der Waals surface area (Å²) in [5.74, 6) is 0. The van der Waals surface area contributed by atoms with Crippen LogP contribution in [0, 0.1) is 0 Å². The third-order valence-corrected chi connectivity index (χ3v) is 4.27. The second kappa shape index (κ2) is 5.54. The van der Waals surface area contributed by atoms with Crippen molar-refractivity contribution in [1.82, 2.24) is 0 Å². The van der Waals surface area contributed by atoms with Gasteiger partial charge in [-0.1, -0.05) is 78.9 Å². The van der Waals surface area contributed by atoms with Crippen LogP contribution in [0.2, 0.25) is 0 Å². The minimum atomic E-state index is -1.46. The van der Waals surface area contributed by atoms with E-state index in [1.165, 1.54) is 21.5 Å². The molecular weight excluding hydrogens is 283 g/mol. The Balaban J connectivity index is 2.07. The van der Waals surface area contributed by atoms with Crippen molar-refractivity contribution in [3.63, 3.8) is 0 Å². The minimum absolute atomic E-state index is 0.500. The van der Waals surface area contributed by atoms with E-state index in [-0.39, 0.29) is 0 Å². The maximum absolute atomic E-state index is 9.44. The van der Waals surface area contributed by atoms with Crippen molar-refractivity contribution in [1.29, 1.82) is 0 Å². The summed E-state index contributed by atoms with van der Waals surface area (Å²) in [6.07, 6.45) is 0. The van der Waals surface area contributed by atoms with Crippen LogP contribution in [0.5, 0.6) is 0 Å². The standard InChI is InChI=1S/C20H15BO2/c22-21(23)17-8-3-7-16(13-17)19-10-4-6-15-12-11-14-5-1-2-9-18(14)20(15)19/h1-13,22-23H. The molecule has 0 aromatic heterocycles. The first-order valence-corrected chi connectivity index (χ1v) is 7.61. The predicted octanol–water partition coefficient (Wildman–Crippen LogP) is 3.34. The molecule has 0 aliphatic carbocycles. The van der Waals surface area contributed by atoms with E-state index in [1.807, 2.05) is 36.4 Å². The highest BCUT2D eigenvalue weighted by atomic mass is 16.4. The Kier molecular flexibility index (Phi) is 3.38. The van der Waals surface area contributed by atoms with Crippen molar-refractivity contribution in [2.24, 2.45) is 0 Å². The SMILES string of the molecule is OB(O)c1cccc(-c2cccc3ccc4ccccc4c23)c1. The van der Waals surface area contributed by atoms with E-state index in [0.29, 0.717) is 5.46 Å². The van der Waals surface area contributed by atoms with E-state index >= 15 is 0 Å². The maximum atomic E-state index is 9.44. The van der Waals surface area contributed by atoms with Crippen molar-refractivity contribution in [2.45, 2.75) is 0 Å². The zero-order valence-electron chi connectivity index (χ0n) is 12.5. The molecule has 0 fully saturated rings. The fourth-order valence-electron chi connectivity index (χ4n) is 3.17. The molecule has 0 spiro atoms. The molecule has 0 amide bonds. The van der Waals surface area contributed by atoms with Crippen molar-refractivity contribution in [3.05, 3.63) is 78.9 Å². The number of benzene rings is 4. The Hall–Kier alpha value is -2.62. The van der Waals surface area contributed by atoms with E-state index in [0.717, 1.165) is 11.1 Å². The van der Waals surface area contributed by atoms with Crippen LogP contribution < -0.4 is 5.46 Å². The second-order valence-corrected chi connectivity index (χ2v) is 5.69. The molecule has 0 unspecified atom stereocenters. The summed E-state index contributed by atoms with van der Waals surface area (Å²) < 4.78 is 0. The van der Waals surface area contributed by atoms with Crippen LogP contribution in [0.15, 0.2) is 78.9 Å². The van der Waals surface area contributed by atoms with Crippen molar-refractivity contribution in [3.8, 4) is 11.1 Å². The molecule has 110 valence electrons. The molecule has 4 aromatic carbocycles. The minimum Gasteiger partial charge on any atom is -0.423 e. The Morgan fingerprint density at radius 2 is 1.39 bits per heavy atom. The van der Waals surface area contributed by atoms with Crippen LogP contribution in [-0.2, 0) is 0 Å². The van der Waals surface area contributed by atoms with Crippen molar-refractivity contribution < 1.29 is 10.0 Å². The molecule has 2 nitrogen and oxygen atoms in total. The topological polar surface area (TPSA) is 40.5 Å². The van der Waals surface area contributed by atoms with Gasteiger partial charge < -0.3 is 10.0 Å². The molecule has 0 aliphatic rings. The maximum Gasteiger partial charge on any atom is 0.488 e. The Labute approximate surface area is 134 Å². The molecule has 0 heterocycles. The van der Waals surface area contributed by atoms with Gasteiger partial charge in [-0.25, -0.2) is 0 Å². The van der Waals surface area contributed by atoms with Crippen LogP contribution in [-0.4, -0.2) is 17.2 Å². The molecule has 23 heavy (non-hydrogen) atoms. The summed E-state index contributed by atoms with van der Waals surface area (Å²) in [5.41, 5.74) is 2.58. The predicted molar refractivity (Wildman–Crippen MR) is 96.7 cm³/mol. The lowest BCUT2D eigenvalue weighted by Crippen LogP contribution is -2.29. The normalized spacial score (nSPS) is 11.0. The molecule has 2 N–H and O–H groups in total.